The number of nitrogens with zero attached hydrogens (tertiary/aromatic N) is 1. The van der Waals surface area contributed by atoms with Gasteiger partial charge < -0.3 is 0 Å². The lowest BCUT2D eigenvalue weighted by atomic mass is 10.1. The molecule has 0 bridgehead atoms. The van der Waals surface area contributed by atoms with Crippen molar-refractivity contribution in [3.05, 3.63) is 55.4 Å². The summed E-state index contributed by atoms with van der Waals surface area (Å²) >= 11 is 10.7. The fraction of sp³-hybridized carbons (Fsp3) is 0.0769. The summed E-state index contributed by atoms with van der Waals surface area (Å²) in [7, 11) is 0. The van der Waals surface area contributed by atoms with Crippen LogP contribution < -0.4 is 0 Å². The monoisotopic (exact) mass is 341 g/mol. The number of aryl methyl sites for hydroxylation is 1. The zero-order valence-electron chi connectivity index (χ0n) is 9.48. The average molecular weight is 343 g/mol. The second-order valence-corrected chi connectivity index (χ2v) is 5.80. The molecule has 92 valence electrons. The highest BCUT2D eigenvalue weighted by Gasteiger charge is 2.08. The van der Waals surface area contributed by atoms with E-state index in [0.717, 1.165) is 15.0 Å². The number of rotatable bonds is 3. The first-order chi connectivity index (χ1) is 8.58. The Hall–Kier alpha value is -0.970. The van der Waals surface area contributed by atoms with Gasteiger partial charge in [0.2, 0.25) is 0 Å². The molecule has 0 radical (unpaired) electrons. The summed E-state index contributed by atoms with van der Waals surface area (Å²) in [6.45, 7) is 1.91. The molecule has 1 aromatic carbocycles. The SMILES string of the molecule is Cc1ncsc1/C=C/C(=O)c1cc(Cl)ccc1Br. The van der Waals surface area contributed by atoms with Gasteiger partial charge in [0, 0.05) is 19.9 Å². The van der Waals surface area contributed by atoms with Crippen LogP contribution in [0, 0.1) is 6.92 Å². The van der Waals surface area contributed by atoms with Crippen molar-refractivity contribution < 1.29 is 4.79 Å². The zero-order chi connectivity index (χ0) is 13.1. The molecule has 0 fully saturated rings. The number of halogens is 2. The number of aromatic nitrogens is 1. The highest BCUT2D eigenvalue weighted by atomic mass is 79.9. The van der Waals surface area contributed by atoms with Gasteiger partial charge in [-0.2, -0.15) is 0 Å². The van der Waals surface area contributed by atoms with Gasteiger partial charge in [-0.15, -0.1) is 11.3 Å². The second kappa shape index (κ2) is 5.78. The Morgan fingerprint density at radius 3 is 2.94 bits per heavy atom. The Kier molecular flexibility index (Phi) is 4.32. The largest absolute Gasteiger partial charge is 0.289 e. The molecule has 0 aliphatic carbocycles. The van der Waals surface area contributed by atoms with Crippen molar-refractivity contribution in [3.63, 3.8) is 0 Å². The van der Waals surface area contributed by atoms with E-state index in [2.05, 4.69) is 20.9 Å². The van der Waals surface area contributed by atoms with Gasteiger partial charge in [-0.3, -0.25) is 4.79 Å². The Morgan fingerprint density at radius 1 is 1.50 bits per heavy atom. The molecule has 0 aliphatic rings. The van der Waals surface area contributed by atoms with E-state index in [4.69, 9.17) is 11.6 Å². The van der Waals surface area contributed by atoms with E-state index in [-0.39, 0.29) is 5.78 Å². The van der Waals surface area contributed by atoms with Crippen molar-refractivity contribution in [2.45, 2.75) is 6.92 Å². The Bertz CT molecular complexity index is 621. The zero-order valence-corrected chi connectivity index (χ0v) is 12.6. The van der Waals surface area contributed by atoms with E-state index in [0.29, 0.717) is 10.6 Å². The number of benzene rings is 1. The van der Waals surface area contributed by atoms with Gasteiger partial charge in [0.1, 0.15) is 0 Å². The van der Waals surface area contributed by atoms with Crippen LogP contribution in [0.1, 0.15) is 20.9 Å². The molecule has 1 heterocycles. The number of ketones is 1. The van der Waals surface area contributed by atoms with Crippen LogP contribution in [0.3, 0.4) is 0 Å². The minimum atomic E-state index is -0.0859. The van der Waals surface area contributed by atoms with Gasteiger partial charge in [-0.05, 0) is 37.3 Å². The topological polar surface area (TPSA) is 30.0 Å². The molecule has 18 heavy (non-hydrogen) atoms. The van der Waals surface area contributed by atoms with E-state index in [1.807, 2.05) is 6.92 Å². The molecule has 0 unspecified atom stereocenters. The van der Waals surface area contributed by atoms with Gasteiger partial charge in [0.25, 0.3) is 0 Å². The third-order valence-corrected chi connectivity index (χ3v) is 4.19. The normalized spacial score (nSPS) is 11.1. The lowest BCUT2D eigenvalue weighted by Crippen LogP contribution is -1.95. The summed E-state index contributed by atoms with van der Waals surface area (Å²) in [5.41, 5.74) is 3.24. The molecular formula is C13H9BrClNOS. The van der Waals surface area contributed by atoms with Crippen LogP contribution >= 0.6 is 38.9 Å². The summed E-state index contributed by atoms with van der Waals surface area (Å²) in [6.07, 6.45) is 3.32. The minimum absolute atomic E-state index is 0.0859. The Labute approximate surface area is 122 Å². The van der Waals surface area contributed by atoms with Crippen LogP contribution in [-0.4, -0.2) is 10.8 Å². The fourth-order valence-electron chi connectivity index (χ4n) is 1.40. The van der Waals surface area contributed by atoms with Gasteiger partial charge in [0.15, 0.2) is 5.78 Å². The number of carbonyl (C=O) groups is 1. The average Bonchev–Trinajstić information content (AvgIpc) is 2.75. The third-order valence-electron chi connectivity index (χ3n) is 2.36. The van der Waals surface area contributed by atoms with Crippen LogP contribution in [0.2, 0.25) is 5.02 Å². The summed E-state index contributed by atoms with van der Waals surface area (Å²) in [5, 5.41) is 0.545. The standard InChI is InChI=1S/C13H9BrClNOS/c1-8-13(18-7-16-8)5-4-12(17)10-6-9(15)2-3-11(10)14/h2-7H,1H3/b5-4+. The molecule has 0 saturated heterocycles. The molecule has 0 N–H and O–H groups in total. The molecule has 0 saturated carbocycles. The minimum Gasteiger partial charge on any atom is -0.289 e. The van der Waals surface area contributed by atoms with Crippen molar-refractivity contribution in [3.8, 4) is 0 Å². The van der Waals surface area contributed by atoms with Crippen LogP contribution in [0.5, 0.6) is 0 Å². The van der Waals surface area contributed by atoms with E-state index < -0.39 is 0 Å². The molecule has 1 aromatic heterocycles. The molecule has 0 atom stereocenters. The smallest absolute Gasteiger partial charge is 0.187 e. The number of carbonyl (C=O) groups excluding carboxylic acids is 1. The number of allylic oxidation sites excluding steroid dienone is 1. The van der Waals surface area contributed by atoms with Crippen LogP contribution in [-0.2, 0) is 0 Å². The van der Waals surface area contributed by atoms with E-state index in [1.54, 1.807) is 29.8 Å². The molecule has 0 spiro atoms. The highest BCUT2D eigenvalue weighted by Crippen LogP contribution is 2.22. The van der Waals surface area contributed by atoms with Crippen LogP contribution in [0.25, 0.3) is 6.08 Å². The van der Waals surface area contributed by atoms with Crippen molar-refractivity contribution >= 4 is 50.7 Å². The van der Waals surface area contributed by atoms with Gasteiger partial charge in [-0.25, -0.2) is 4.98 Å². The summed E-state index contributed by atoms with van der Waals surface area (Å²) in [6, 6.07) is 5.15. The van der Waals surface area contributed by atoms with Gasteiger partial charge in [-0.1, -0.05) is 27.5 Å². The van der Waals surface area contributed by atoms with Gasteiger partial charge in [0.05, 0.1) is 11.2 Å². The predicted octanol–water partition coefficient (Wildman–Crippen LogP) is 4.76. The molecule has 0 aliphatic heterocycles. The van der Waals surface area contributed by atoms with Gasteiger partial charge >= 0.3 is 0 Å². The molecule has 2 aromatic rings. The molecule has 5 heteroatoms. The lowest BCUT2D eigenvalue weighted by Gasteiger charge is -2.00. The maximum Gasteiger partial charge on any atom is 0.187 e. The fourth-order valence-corrected chi connectivity index (χ4v) is 2.71. The first kappa shape index (κ1) is 13.5. The maximum atomic E-state index is 12.0. The maximum absolute atomic E-state index is 12.0. The third kappa shape index (κ3) is 3.07. The highest BCUT2D eigenvalue weighted by molar-refractivity contribution is 9.10. The summed E-state index contributed by atoms with van der Waals surface area (Å²) < 4.78 is 0.738. The van der Waals surface area contributed by atoms with E-state index in [1.165, 1.54) is 17.4 Å². The summed E-state index contributed by atoms with van der Waals surface area (Å²) in [5.74, 6) is -0.0859. The van der Waals surface area contributed by atoms with Crippen molar-refractivity contribution in [1.82, 2.24) is 4.98 Å². The molecular weight excluding hydrogens is 334 g/mol. The quantitative estimate of drug-likeness (QED) is 0.594. The number of thiazole rings is 1. The number of hydrogen-bond acceptors (Lipinski definition) is 3. The van der Waals surface area contributed by atoms with Crippen molar-refractivity contribution in [2.75, 3.05) is 0 Å². The number of hydrogen-bond donors (Lipinski definition) is 0. The second-order valence-electron chi connectivity index (χ2n) is 3.62. The first-order valence-corrected chi connectivity index (χ1v) is 7.20. The molecule has 2 nitrogen and oxygen atoms in total. The predicted molar refractivity (Wildman–Crippen MR) is 79.4 cm³/mol. The van der Waals surface area contributed by atoms with Crippen molar-refractivity contribution in [2.24, 2.45) is 0 Å². The summed E-state index contributed by atoms with van der Waals surface area (Å²) in [4.78, 5) is 17.1. The Balaban J connectivity index is 2.25. The van der Waals surface area contributed by atoms with E-state index >= 15 is 0 Å². The Morgan fingerprint density at radius 2 is 2.28 bits per heavy atom. The first-order valence-electron chi connectivity index (χ1n) is 5.15. The van der Waals surface area contributed by atoms with Crippen LogP contribution in [0.4, 0.5) is 0 Å². The molecule has 2 rings (SSSR count). The van der Waals surface area contributed by atoms with Crippen molar-refractivity contribution in [1.29, 1.82) is 0 Å². The lowest BCUT2D eigenvalue weighted by molar-refractivity contribution is 0.104. The molecule has 0 amide bonds. The van der Waals surface area contributed by atoms with Crippen LogP contribution in [0.15, 0.2) is 34.3 Å². The van der Waals surface area contributed by atoms with E-state index in [9.17, 15) is 4.79 Å².